The molecule has 0 unspecified atom stereocenters. The van der Waals surface area contributed by atoms with Crippen molar-refractivity contribution in [2.75, 3.05) is 0 Å². The molecule has 0 bridgehead atoms. The Morgan fingerprint density at radius 3 is 1.49 bits per heavy atom. The van der Waals surface area contributed by atoms with E-state index in [4.69, 9.17) is 18.8 Å². The van der Waals surface area contributed by atoms with E-state index in [-0.39, 0.29) is 11.1 Å². The zero-order valence-electron chi connectivity index (χ0n) is 31.7. The fourth-order valence-electron chi connectivity index (χ4n) is 8.58. The minimum absolute atomic E-state index is 0.130. The Hall–Kier alpha value is -3.98. The number of rotatable bonds is 22. The largest absolute Gasteiger partial charge is 0.441 e. The molecule has 0 radical (unpaired) electrons. The zero-order valence-corrected chi connectivity index (χ0v) is 32.5. The van der Waals surface area contributed by atoms with Crippen molar-refractivity contribution in [1.82, 2.24) is 18.8 Å². The molecule has 0 saturated carbocycles. The molecule has 0 saturated heterocycles. The molecule has 0 spiro atoms. The Morgan fingerprint density at radius 1 is 0.528 bits per heavy atom. The second-order valence-electron chi connectivity index (χ2n) is 15.5. The average molecular weight is 735 g/mol. The number of fused-ring (bicyclic) bond motifs is 8. The van der Waals surface area contributed by atoms with Crippen molar-refractivity contribution in [3.05, 3.63) is 56.5 Å². The van der Waals surface area contributed by atoms with E-state index in [1.54, 1.807) is 8.80 Å². The van der Waals surface area contributed by atoms with Crippen molar-refractivity contribution in [1.29, 1.82) is 0 Å². The van der Waals surface area contributed by atoms with Crippen molar-refractivity contribution in [3.8, 4) is 0 Å². The number of hydrogen-bond donors (Lipinski definition) is 0. The summed E-state index contributed by atoms with van der Waals surface area (Å²) in [6.07, 6.45) is 27.4. The van der Waals surface area contributed by atoms with E-state index >= 15 is 0 Å². The van der Waals surface area contributed by atoms with Gasteiger partial charge in [0.05, 0.1) is 4.70 Å². The SMILES string of the molecule is CCCCCCCCCCCCc1cc2c(nc3c4ccc5c(=O)n6c7cc(CCCCCCCCCCCC)oc7nc6c6sc(c(=O)n23)c4c56)o1. The van der Waals surface area contributed by atoms with E-state index in [2.05, 4.69) is 13.8 Å². The van der Waals surface area contributed by atoms with E-state index < -0.39 is 0 Å². The number of benzene rings is 1. The van der Waals surface area contributed by atoms with Gasteiger partial charge < -0.3 is 8.83 Å². The summed E-state index contributed by atoms with van der Waals surface area (Å²) in [7, 11) is 0. The summed E-state index contributed by atoms with van der Waals surface area (Å²) in [6, 6.07) is 7.81. The van der Waals surface area contributed by atoms with Gasteiger partial charge in [-0.15, -0.1) is 11.3 Å². The second kappa shape index (κ2) is 16.2. The molecule has 0 atom stereocenters. The number of thiophene rings is 1. The highest BCUT2D eigenvalue weighted by Crippen LogP contribution is 2.42. The molecule has 280 valence electrons. The van der Waals surface area contributed by atoms with Crippen LogP contribution in [0.4, 0.5) is 0 Å². The molecule has 8 nitrogen and oxygen atoms in total. The standard InChI is InChI=1S/C44H54N4O4S/c1-3-5-7-9-11-13-15-17-19-21-23-29-27-33-41(51-29)45-39-31-25-26-32-36-35(31)38(44(50)47(33)39)53-37(36)40-46-42-34(48(40)43(32)49)28-30(52-42)24-22-20-18-16-14-12-10-8-6-4-2/h25-28H,3-24H2,1-2H3. The molecular formula is C44H54N4O4S. The molecule has 0 aliphatic rings. The van der Waals surface area contributed by atoms with Gasteiger partial charge in [0.2, 0.25) is 11.4 Å². The Kier molecular flexibility index (Phi) is 11.0. The van der Waals surface area contributed by atoms with Crippen LogP contribution < -0.4 is 11.1 Å². The lowest BCUT2D eigenvalue weighted by Gasteiger charge is -2.04. The number of imidazole rings is 2. The lowest BCUT2D eigenvalue weighted by atomic mass is 10.0. The topological polar surface area (TPSA) is 95.0 Å². The quantitative estimate of drug-likeness (QED) is 0.0508. The Labute approximate surface area is 314 Å². The monoisotopic (exact) mass is 734 g/mol. The van der Waals surface area contributed by atoms with Crippen LogP contribution in [0.1, 0.15) is 154 Å². The maximum Gasteiger partial charge on any atom is 0.274 e. The molecule has 7 heterocycles. The van der Waals surface area contributed by atoms with Gasteiger partial charge in [0.25, 0.3) is 11.1 Å². The maximum atomic E-state index is 14.2. The third-order valence-electron chi connectivity index (χ3n) is 11.5. The molecule has 1 aromatic carbocycles. The van der Waals surface area contributed by atoms with Crippen LogP contribution >= 0.6 is 11.3 Å². The molecule has 8 aromatic rings. The van der Waals surface area contributed by atoms with E-state index in [0.717, 1.165) is 58.1 Å². The first-order valence-electron chi connectivity index (χ1n) is 20.8. The van der Waals surface area contributed by atoms with Gasteiger partial charge in [-0.3, -0.25) is 18.4 Å². The van der Waals surface area contributed by atoms with Crippen molar-refractivity contribution < 1.29 is 8.83 Å². The summed E-state index contributed by atoms with van der Waals surface area (Å²) >= 11 is 1.41. The van der Waals surface area contributed by atoms with Gasteiger partial charge in [0.1, 0.15) is 27.3 Å². The number of aromatic nitrogens is 4. The lowest BCUT2D eigenvalue weighted by molar-refractivity contribution is 0.511. The molecule has 53 heavy (non-hydrogen) atoms. The van der Waals surface area contributed by atoms with Gasteiger partial charge in [-0.1, -0.05) is 129 Å². The van der Waals surface area contributed by atoms with Crippen LogP contribution in [-0.2, 0) is 12.8 Å². The summed E-state index contributed by atoms with van der Waals surface area (Å²) in [6.45, 7) is 4.53. The maximum absolute atomic E-state index is 14.2. The molecule has 0 amide bonds. The number of nitrogens with zero attached hydrogens (tertiary/aromatic N) is 4. The van der Waals surface area contributed by atoms with Crippen LogP contribution in [0.5, 0.6) is 0 Å². The van der Waals surface area contributed by atoms with Gasteiger partial charge in [-0.05, 0) is 25.0 Å². The summed E-state index contributed by atoms with van der Waals surface area (Å²) in [5, 5.41) is 3.01. The summed E-state index contributed by atoms with van der Waals surface area (Å²) in [4.78, 5) is 38.0. The van der Waals surface area contributed by atoms with Crippen molar-refractivity contribution in [2.24, 2.45) is 0 Å². The normalized spacial score (nSPS) is 12.6. The minimum atomic E-state index is -0.135. The number of furan rings is 2. The van der Waals surface area contributed by atoms with Gasteiger partial charge in [-0.2, -0.15) is 9.97 Å². The number of hydrogen-bond acceptors (Lipinski definition) is 7. The number of aryl methyl sites for hydroxylation is 2. The zero-order chi connectivity index (χ0) is 36.3. The van der Waals surface area contributed by atoms with Crippen LogP contribution in [0.2, 0.25) is 0 Å². The highest BCUT2D eigenvalue weighted by atomic mass is 32.1. The van der Waals surface area contributed by atoms with E-state index in [0.29, 0.717) is 43.8 Å². The van der Waals surface area contributed by atoms with E-state index in [1.165, 1.54) is 127 Å². The first kappa shape index (κ1) is 36.0. The van der Waals surface area contributed by atoms with Crippen LogP contribution in [0.15, 0.2) is 42.7 Å². The first-order valence-corrected chi connectivity index (χ1v) is 21.6. The van der Waals surface area contributed by atoms with Crippen LogP contribution in [0.25, 0.3) is 64.7 Å². The Bertz CT molecular complexity index is 2570. The van der Waals surface area contributed by atoms with Gasteiger partial charge in [0, 0.05) is 46.5 Å². The smallest absolute Gasteiger partial charge is 0.274 e. The summed E-state index contributed by atoms with van der Waals surface area (Å²) in [5.41, 5.74) is 3.26. The fourth-order valence-corrected chi connectivity index (χ4v) is 9.82. The Balaban J connectivity index is 0.997. The number of unbranched alkanes of at least 4 members (excludes halogenated alkanes) is 18. The molecule has 8 rings (SSSR count). The van der Waals surface area contributed by atoms with Crippen LogP contribution in [0.3, 0.4) is 0 Å². The van der Waals surface area contributed by atoms with E-state index in [1.807, 2.05) is 24.3 Å². The highest BCUT2D eigenvalue weighted by molar-refractivity contribution is 7.26. The second-order valence-corrected chi connectivity index (χ2v) is 16.5. The molecule has 0 aliphatic carbocycles. The van der Waals surface area contributed by atoms with Crippen molar-refractivity contribution in [3.63, 3.8) is 0 Å². The molecule has 0 N–H and O–H groups in total. The van der Waals surface area contributed by atoms with Crippen molar-refractivity contribution in [2.45, 2.75) is 155 Å². The Morgan fingerprint density at radius 2 is 0.962 bits per heavy atom. The predicted molar refractivity (Wildman–Crippen MR) is 220 cm³/mol. The molecular weight excluding hydrogens is 681 g/mol. The van der Waals surface area contributed by atoms with Crippen LogP contribution in [0, 0.1) is 0 Å². The summed E-state index contributed by atoms with van der Waals surface area (Å²) in [5.74, 6) is 1.75. The third-order valence-corrected chi connectivity index (χ3v) is 12.7. The molecule has 9 heteroatoms. The summed E-state index contributed by atoms with van der Waals surface area (Å²) < 4.78 is 17.3. The third kappa shape index (κ3) is 6.94. The highest BCUT2D eigenvalue weighted by Gasteiger charge is 2.26. The van der Waals surface area contributed by atoms with Crippen molar-refractivity contribution >= 4 is 76.0 Å². The lowest BCUT2D eigenvalue weighted by Crippen LogP contribution is -2.13. The fraction of sp³-hybridized carbons (Fsp3) is 0.545. The average Bonchev–Trinajstić information content (AvgIpc) is 3.97. The van der Waals surface area contributed by atoms with E-state index in [9.17, 15) is 9.59 Å². The molecule has 0 fully saturated rings. The molecule has 0 aliphatic heterocycles. The minimum Gasteiger partial charge on any atom is -0.441 e. The number of pyridine rings is 2. The first-order chi connectivity index (χ1) is 26.1. The molecule has 7 aromatic heterocycles. The van der Waals surface area contributed by atoms with Gasteiger partial charge >= 0.3 is 0 Å². The van der Waals surface area contributed by atoms with Crippen LogP contribution in [-0.4, -0.2) is 18.8 Å². The predicted octanol–water partition coefficient (Wildman–Crippen LogP) is 12.5. The van der Waals surface area contributed by atoms with Gasteiger partial charge in [-0.25, -0.2) is 0 Å². The van der Waals surface area contributed by atoms with Gasteiger partial charge in [0.15, 0.2) is 11.3 Å².